The molecule has 0 unspecified atom stereocenters. The number of esters is 1. The molecular formula is C14H8Br2O4. The van der Waals surface area contributed by atoms with Gasteiger partial charge in [-0.25, -0.2) is 9.59 Å². The first-order valence-electron chi connectivity index (χ1n) is 5.48. The van der Waals surface area contributed by atoms with Crippen molar-refractivity contribution in [3.05, 3.63) is 62.5 Å². The Morgan fingerprint density at radius 3 is 2.35 bits per heavy atom. The van der Waals surface area contributed by atoms with Crippen LogP contribution in [0, 0.1) is 0 Å². The van der Waals surface area contributed by atoms with E-state index in [0.29, 0.717) is 14.5 Å². The number of aromatic carboxylic acids is 1. The summed E-state index contributed by atoms with van der Waals surface area (Å²) in [6, 6.07) is 11.2. The molecule has 0 saturated carbocycles. The van der Waals surface area contributed by atoms with Crippen LogP contribution in [0.15, 0.2) is 51.4 Å². The molecular weight excluding hydrogens is 392 g/mol. The van der Waals surface area contributed by atoms with Crippen LogP contribution in [0.5, 0.6) is 5.75 Å². The summed E-state index contributed by atoms with van der Waals surface area (Å²) in [7, 11) is 0. The number of ether oxygens (including phenoxy) is 1. The number of rotatable bonds is 3. The Morgan fingerprint density at radius 2 is 1.70 bits per heavy atom. The largest absolute Gasteiger partial charge is 0.478 e. The van der Waals surface area contributed by atoms with Gasteiger partial charge in [0, 0.05) is 8.95 Å². The molecule has 0 aliphatic heterocycles. The van der Waals surface area contributed by atoms with E-state index in [1.807, 2.05) is 0 Å². The molecule has 0 radical (unpaired) electrons. The van der Waals surface area contributed by atoms with Gasteiger partial charge >= 0.3 is 11.9 Å². The zero-order chi connectivity index (χ0) is 14.7. The monoisotopic (exact) mass is 398 g/mol. The maximum atomic E-state index is 12.0. The average molecular weight is 400 g/mol. The fraction of sp³-hybridized carbons (Fsp3) is 0. The minimum absolute atomic E-state index is 0.00135. The van der Waals surface area contributed by atoms with Gasteiger partial charge in [0.1, 0.15) is 11.3 Å². The van der Waals surface area contributed by atoms with E-state index in [0.717, 1.165) is 0 Å². The van der Waals surface area contributed by atoms with Crippen molar-refractivity contribution in [2.24, 2.45) is 0 Å². The van der Waals surface area contributed by atoms with Crippen LogP contribution < -0.4 is 4.74 Å². The van der Waals surface area contributed by atoms with E-state index in [4.69, 9.17) is 9.84 Å². The molecule has 0 saturated heterocycles. The van der Waals surface area contributed by atoms with Crippen molar-refractivity contribution in [1.82, 2.24) is 0 Å². The van der Waals surface area contributed by atoms with E-state index in [1.165, 1.54) is 12.1 Å². The predicted molar refractivity (Wildman–Crippen MR) is 80.2 cm³/mol. The molecule has 0 bridgehead atoms. The lowest BCUT2D eigenvalue weighted by Crippen LogP contribution is -2.12. The highest BCUT2D eigenvalue weighted by Crippen LogP contribution is 2.25. The molecule has 6 heteroatoms. The van der Waals surface area contributed by atoms with Gasteiger partial charge in [0.25, 0.3) is 0 Å². The van der Waals surface area contributed by atoms with E-state index in [1.54, 1.807) is 30.3 Å². The summed E-state index contributed by atoms with van der Waals surface area (Å²) in [5, 5.41) is 9.11. The van der Waals surface area contributed by atoms with E-state index in [9.17, 15) is 9.59 Å². The van der Waals surface area contributed by atoms with Gasteiger partial charge in [-0.05, 0) is 46.3 Å². The van der Waals surface area contributed by atoms with Crippen molar-refractivity contribution >= 4 is 43.8 Å². The molecule has 2 rings (SSSR count). The van der Waals surface area contributed by atoms with E-state index in [2.05, 4.69) is 31.9 Å². The molecule has 1 N–H and O–H groups in total. The molecule has 0 amide bonds. The van der Waals surface area contributed by atoms with Crippen molar-refractivity contribution in [3.8, 4) is 5.75 Å². The van der Waals surface area contributed by atoms with Crippen molar-refractivity contribution < 1.29 is 19.4 Å². The van der Waals surface area contributed by atoms with Gasteiger partial charge in [0.2, 0.25) is 0 Å². The summed E-state index contributed by atoms with van der Waals surface area (Å²) in [6.45, 7) is 0. The highest BCUT2D eigenvalue weighted by Gasteiger charge is 2.17. The fourth-order valence-electron chi connectivity index (χ4n) is 1.54. The molecule has 0 aromatic heterocycles. The highest BCUT2D eigenvalue weighted by atomic mass is 79.9. The number of benzene rings is 2. The number of hydrogen-bond donors (Lipinski definition) is 1. The topological polar surface area (TPSA) is 63.6 Å². The number of carbonyl (C=O) groups excluding carboxylic acids is 1. The number of carbonyl (C=O) groups is 2. The van der Waals surface area contributed by atoms with Crippen LogP contribution in [0.3, 0.4) is 0 Å². The lowest BCUT2D eigenvalue weighted by Gasteiger charge is -2.08. The summed E-state index contributed by atoms with van der Waals surface area (Å²) < 4.78 is 6.33. The maximum absolute atomic E-state index is 12.0. The smallest absolute Gasteiger partial charge is 0.344 e. The van der Waals surface area contributed by atoms with Gasteiger partial charge in [-0.2, -0.15) is 0 Å². The first-order chi connectivity index (χ1) is 9.49. The lowest BCUT2D eigenvalue weighted by atomic mass is 10.2. The third-order valence-corrected chi connectivity index (χ3v) is 3.65. The Kier molecular flexibility index (Phi) is 4.57. The Labute approximate surface area is 131 Å². The first-order valence-corrected chi connectivity index (χ1v) is 7.07. The minimum atomic E-state index is -1.17. The Hall–Kier alpha value is -1.66. The summed E-state index contributed by atoms with van der Waals surface area (Å²) in [5.74, 6) is -1.79. The van der Waals surface area contributed by atoms with Crippen LogP contribution in [0.2, 0.25) is 0 Å². The molecule has 0 aliphatic rings. The first kappa shape index (κ1) is 14.7. The molecule has 102 valence electrons. The highest BCUT2D eigenvalue weighted by molar-refractivity contribution is 9.10. The predicted octanol–water partition coefficient (Wildman–Crippen LogP) is 4.13. The normalized spacial score (nSPS) is 10.1. The minimum Gasteiger partial charge on any atom is -0.478 e. The molecule has 0 fully saturated rings. The molecule has 2 aromatic rings. The quantitative estimate of drug-likeness (QED) is 0.622. The zero-order valence-electron chi connectivity index (χ0n) is 9.97. The van der Waals surface area contributed by atoms with E-state index < -0.39 is 11.9 Å². The number of halogens is 2. The molecule has 20 heavy (non-hydrogen) atoms. The van der Waals surface area contributed by atoms with Crippen molar-refractivity contribution in [3.63, 3.8) is 0 Å². The van der Waals surface area contributed by atoms with E-state index in [-0.39, 0.29) is 11.3 Å². The van der Waals surface area contributed by atoms with Gasteiger partial charge in [-0.15, -0.1) is 0 Å². The second kappa shape index (κ2) is 6.19. The zero-order valence-corrected chi connectivity index (χ0v) is 13.1. The van der Waals surface area contributed by atoms with Crippen LogP contribution in [-0.2, 0) is 0 Å². The second-order valence-corrected chi connectivity index (χ2v) is 5.59. The summed E-state index contributed by atoms with van der Waals surface area (Å²) >= 11 is 6.42. The van der Waals surface area contributed by atoms with Crippen LogP contribution in [0.1, 0.15) is 20.7 Å². The molecule has 2 aromatic carbocycles. The third-order valence-electron chi connectivity index (χ3n) is 2.47. The Balaban J connectivity index is 2.33. The Bertz CT molecular complexity index is 683. The molecule has 4 nitrogen and oxygen atoms in total. The number of hydrogen-bond acceptors (Lipinski definition) is 3. The van der Waals surface area contributed by atoms with Crippen molar-refractivity contribution in [1.29, 1.82) is 0 Å². The van der Waals surface area contributed by atoms with Gasteiger partial charge in [0.15, 0.2) is 0 Å². The van der Waals surface area contributed by atoms with Crippen LogP contribution in [0.25, 0.3) is 0 Å². The van der Waals surface area contributed by atoms with Crippen LogP contribution in [-0.4, -0.2) is 17.0 Å². The second-order valence-electron chi connectivity index (χ2n) is 3.81. The summed E-state index contributed by atoms with van der Waals surface area (Å²) in [6.07, 6.45) is 0. The third kappa shape index (κ3) is 3.26. The van der Waals surface area contributed by atoms with Crippen LogP contribution in [0.4, 0.5) is 0 Å². The number of carboxylic acids is 1. The Morgan fingerprint density at radius 1 is 1.00 bits per heavy atom. The summed E-state index contributed by atoms with van der Waals surface area (Å²) in [5.41, 5.74) is 0.242. The summed E-state index contributed by atoms with van der Waals surface area (Å²) in [4.78, 5) is 23.2. The maximum Gasteiger partial charge on any atom is 0.344 e. The molecule has 0 atom stereocenters. The van der Waals surface area contributed by atoms with Gasteiger partial charge in [0.05, 0.1) is 5.56 Å². The molecule has 0 spiro atoms. The fourth-order valence-corrected chi connectivity index (χ4v) is 2.35. The van der Waals surface area contributed by atoms with Crippen molar-refractivity contribution in [2.45, 2.75) is 0 Å². The van der Waals surface area contributed by atoms with Gasteiger partial charge in [-0.1, -0.05) is 28.1 Å². The molecule has 0 heterocycles. The SMILES string of the molecule is O=C(Oc1ccc(Br)cc1C(=O)O)c1ccccc1Br. The van der Waals surface area contributed by atoms with Gasteiger partial charge in [-0.3, -0.25) is 0 Å². The van der Waals surface area contributed by atoms with Crippen molar-refractivity contribution in [2.75, 3.05) is 0 Å². The lowest BCUT2D eigenvalue weighted by molar-refractivity contribution is 0.0681. The van der Waals surface area contributed by atoms with Gasteiger partial charge < -0.3 is 9.84 Å². The molecule has 0 aliphatic carbocycles. The standard InChI is InChI=1S/C14H8Br2O4/c15-8-5-6-12(10(7-8)13(17)18)20-14(19)9-3-1-2-4-11(9)16/h1-7H,(H,17,18). The number of carboxylic acid groups (broad SMARTS) is 1. The van der Waals surface area contributed by atoms with E-state index >= 15 is 0 Å². The van der Waals surface area contributed by atoms with Crippen LogP contribution >= 0.6 is 31.9 Å². The average Bonchev–Trinajstić information content (AvgIpc) is 2.41.